The lowest BCUT2D eigenvalue weighted by atomic mass is 9.78. The fourth-order valence-corrected chi connectivity index (χ4v) is 5.47. The fraction of sp³-hybridized carbons (Fsp3) is 0.429. The molecule has 7 heteroatoms. The van der Waals surface area contributed by atoms with Crippen molar-refractivity contribution in [2.24, 2.45) is 17.8 Å². The average Bonchev–Trinajstić information content (AvgIpc) is 3.50. The van der Waals surface area contributed by atoms with E-state index in [-0.39, 0.29) is 17.7 Å². The minimum Gasteiger partial charge on any atom is -0.349 e. The highest BCUT2D eigenvalue weighted by atomic mass is 32.1. The van der Waals surface area contributed by atoms with Crippen LogP contribution in [-0.4, -0.2) is 21.0 Å². The Balaban J connectivity index is 1.38. The zero-order chi connectivity index (χ0) is 19.1. The summed E-state index contributed by atoms with van der Waals surface area (Å²) in [5.41, 5.74) is 2.10. The molecule has 3 aromatic rings. The first-order chi connectivity index (χ1) is 13.7. The van der Waals surface area contributed by atoms with E-state index in [1.165, 1.54) is 0 Å². The Morgan fingerprint density at radius 1 is 1.32 bits per heavy atom. The van der Waals surface area contributed by atoms with E-state index >= 15 is 0 Å². The third-order valence-electron chi connectivity index (χ3n) is 6.12. The van der Waals surface area contributed by atoms with Crippen LogP contribution in [0.25, 0.3) is 11.4 Å². The zero-order valence-electron chi connectivity index (χ0n) is 15.7. The van der Waals surface area contributed by atoms with Gasteiger partial charge in [0.15, 0.2) is 0 Å². The number of amides is 1. The minimum absolute atomic E-state index is 0.0149. The van der Waals surface area contributed by atoms with Gasteiger partial charge in [-0.15, -0.1) is 11.3 Å². The van der Waals surface area contributed by atoms with E-state index in [1.54, 1.807) is 17.5 Å². The molecule has 5 rings (SSSR count). The number of rotatable bonds is 5. The van der Waals surface area contributed by atoms with E-state index in [9.17, 15) is 4.79 Å². The van der Waals surface area contributed by atoms with Gasteiger partial charge in [0, 0.05) is 17.1 Å². The molecule has 0 saturated heterocycles. The third-order valence-corrected chi connectivity index (χ3v) is 6.90. The Kier molecular flexibility index (Phi) is 4.47. The summed E-state index contributed by atoms with van der Waals surface area (Å²) in [6.45, 7) is 2.53. The normalized spacial score (nSPS) is 25.9. The molecule has 0 spiro atoms. The highest BCUT2D eigenvalue weighted by molar-refractivity contribution is 7.09. The molecule has 2 heterocycles. The van der Waals surface area contributed by atoms with Gasteiger partial charge in [0.1, 0.15) is 5.01 Å². The quantitative estimate of drug-likeness (QED) is 0.709. The zero-order valence-corrected chi connectivity index (χ0v) is 16.5. The van der Waals surface area contributed by atoms with Crippen LogP contribution in [0.5, 0.6) is 0 Å². The van der Waals surface area contributed by atoms with Crippen LogP contribution in [0.15, 0.2) is 40.4 Å². The number of aromatic nitrogens is 3. The molecule has 2 fully saturated rings. The molecule has 144 valence electrons. The standard InChI is InChI=1S/C21H22N4O2S/c1-12-3-2-4-15(9-12)19-24-21(27-25-19)18-14-6-5-13(10-14)17(18)20(26)23-11-16-22-7-8-28-16/h2-4,7-9,13-14,17-18H,5-6,10-11H2,1H3,(H,23,26)/t13-,14+,17-,18-/m0/s1. The van der Waals surface area contributed by atoms with Gasteiger partial charge in [-0.25, -0.2) is 4.98 Å². The van der Waals surface area contributed by atoms with Crippen molar-refractivity contribution in [3.8, 4) is 11.4 Å². The maximum absolute atomic E-state index is 13.0. The lowest BCUT2D eigenvalue weighted by Crippen LogP contribution is -2.37. The number of nitrogens with zero attached hydrogens (tertiary/aromatic N) is 3. The first-order valence-corrected chi connectivity index (χ1v) is 10.6. The molecule has 1 amide bonds. The van der Waals surface area contributed by atoms with Gasteiger partial charge >= 0.3 is 0 Å². The van der Waals surface area contributed by atoms with Crippen molar-refractivity contribution in [3.63, 3.8) is 0 Å². The van der Waals surface area contributed by atoms with Crippen molar-refractivity contribution >= 4 is 17.2 Å². The number of nitrogens with one attached hydrogen (secondary N) is 1. The molecular formula is C21H22N4O2S. The van der Waals surface area contributed by atoms with Gasteiger partial charge in [-0.3, -0.25) is 4.79 Å². The summed E-state index contributed by atoms with van der Waals surface area (Å²) in [5, 5.41) is 10.1. The Morgan fingerprint density at radius 3 is 3.04 bits per heavy atom. The summed E-state index contributed by atoms with van der Waals surface area (Å²) >= 11 is 1.56. The van der Waals surface area contributed by atoms with Crippen LogP contribution in [0.3, 0.4) is 0 Å². The maximum atomic E-state index is 13.0. The Bertz CT molecular complexity index is 984. The van der Waals surface area contributed by atoms with Crippen molar-refractivity contribution in [3.05, 3.63) is 52.3 Å². The van der Waals surface area contributed by atoms with E-state index in [2.05, 4.69) is 15.5 Å². The topological polar surface area (TPSA) is 80.9 Å². The van der Waals surface area contributed by atoms with Crippen LogP contribution in [0.2, 0.25) is 0 Å². The second kappa shape index (κ2) is 7.13. The number of thiazole rings is 1. The first-order valence-electron chi connectivity index (χ1n) is 9.76. The largest absolute Gasteiger partial charge is 0.349 e. The van der Waals surface area contributed by atoms with Crippen LogP contribution >= 0.6 is 11.3 Å². The van der Waals surface area contributed by atoms with Crippen molar-refractivity contribution in [1.29, 1.82) is 0 Å². The predicted octanol–water partition coefficient (Wildman–Crippen LogP) is 3.95. The van der Waals surface area contributed by atoms with E-state index in [4.69, 9.17) is 9.51 Å². The predicted molar refractivity (Wildman–Crippen MR) is 105 cm³/mol. The SMILES string of the molecule is Cc1cccc(-c2noc([C@H]3[C@@H]4CC[C@@H](C4)[C@@H]3C(=O)NCc3nccs3)n2)c1. The molecule has 0 radical (unpaired) electrons. The average molecular weight is 395 g/mol. The summed E-state index contributed by atoms with van der Waals surface area (Å²) in [7, 11) is 0. The van der Waals surface area contributed by atoms with Crippen molar-refractivity contribution in [1.82, 2.24) is 20.4 Å². The number of hydrogen-bond acceptors (Lipinski definition) is 6. The lowest BCUT2D eigenvalue weighted by molar-refractivity contribution is -0.127. The summed E-state index contributed by atoms with van der Waals surface area (Å²) in [6, 6.07) is 8.07. The molecule has 2 aliphatic carbocycles. The van der Waals surface area contributed by atoms with Gasteiger partial charge in [-0.2, -0.15) is 4.98 Å². The highest BCUT2D eigenvalue weighted by Gasteiger charge is 2.53. The van der Waals surface area contributed by atoms with Gasteiger partial charge in [0.2, 0.25) is 17.6 Å². The van der Waals surface area contributed by atoms with Gasteiger partial charge in [-0.05, 0) is 44.1 Å². The fourth-order valence-electron chi connectivity index (χ4n) is 4.92. The molecule has 4 atom stereocenters. The monoisotopic (exact) mass is 394 g/mol. The molecule has 2 bridgehead atoms. The molecule has 2 aromatic heterocycles. The molecule has 1 N–H and O–H groups in total. The lowest BCUT2D eigenvalue weighted by Gasteiger charge is -2.27. The second-order valence-corrected chi connectivity index (χ2v) is 8.83. The Labute approximate surface area is 167 Å². The number of benzene rings is 1. The molecule has 2 aliphatic rings. The van der Waals surface area contributed by atoms with Crippen molar-refractivity contribution in [2.45, 2.75) is 38.6 Å². The molecule has 1 aromatic carbocycles. The van der Waals surface area contributed by atoms with Crippen LogP contribution < -0.4 is 5.32 Å². The number of hydrogen-bond donors (Lipinski definition) is 1. The van der Waals surface area contributed by atoms with E-state index in [0.717, 1.165) is 35.4 Å². The van der Waals surface area contributed by atoms with Gasteiger partial charge in [0.05, 0.1) is 18.4 Å². The molecule has 0 aliphatic heterocycles. The second-order valence-electron chi connectivity index (χ2n) is 7.85. The van der Waals surface area contributed by atoms with E-state index < -0.39 is 0 Å². The summed E-state index contributed by atoms with van der Waals surface area (Å²) < 4.78 is 5.67. The van der Waals surface area contributed by atoms with Gasteiger partial charge in [0.25, 0.3) is 0 Å². The van der Waals surface area contributed by atoms with Crippen LogP contribution in [0.4, 0.5) is 0 Å². The number of aryl methyl sites for hydroxylation is 1. The van der Waals surface area contributed by atoms with Crippen molar-refractivity contribution < 1.29 is 9.32 Å². The van der Waals surface area contributed by atoms with Gasteiger partial charge < -0.3 is 9.84 Å². The molecule has 2 saturated carbocycles. The Hall–Kier alpha value is -2.54. The van der Waals surface area contributed by atoms with Gasteiger partial charge in [-0.1, -0.05) is 28.9 Å². The van der Waals surface area contributed by atoms with E-state index in [1.807, 2.05) is 36.6 Å². The summed E-state index contributed by atoms with van der Waals surface area (Å²) in [5.74, 6) is 2.07. The van der Waals surface area contributed by atoms with Crippen molar-refractivity contribution in [2.75, 3.05) is 0 Å². The molecule has 28 heavy (non-hydrogen) atoms. The maximum Gasteiger partial charge on any atom is 0.231 e. The van der Waals surface area contributed by atoms with Crippen LogP contribution in [0, 0.1) is 24.7 Å². The smallest absolute Gasteiger partial charge is 0.231 e. The first kappa shape index (κ1) is 17.6. The number of fused-ring (bicyclic) bond motifs is 2. The van der Waals surface area contributed by atoms with Crippen LogP contribution in [0.1, 0.15) is 41.6 Å². The molecule has 6 nitrogen and oxygen atoms in total. The Morgan fingerprint density at radius 2 is 2.21 bits per heavy atom. The molecule has 0 unspecified atom stereocenters. The summed E-state index contributed by atoms with van der Waals surface area (Å²) in [6.07, 6.45) is 5.07. The highest BCUT2D eigenvalue weighted by Crippen LogP contribution is 2.56. The van der Waals surface area contributed by atoms with Crippen LogP contribution in [-0.2, 0) is 11.3 Å². The van der Waals surface area contributed by atoms with E-state index in [0.29, 0.717) is 30.1 Å². The third kappa shape index (κ3) is 3.13. The number of carbonyl (C=O) groups is 1. The number of carbonyl (C=O) groups excluding carboxylic acids is 1. The molecular weight excluding hydrogens is 372 g/mol. The minimum atomic E-state index is -0.0930. The summed E-state index contributed by atoms with van der Waals surface area (Å²) in [4.78, 5) is 22.0.